The van der Waals surface area contributed by atoms with Gasteiger partial charge in [0.1, 0.15) is 6.17 Å². The lowest BCUT2D eigenvalue weighted by atomic mass is 9.88. The van der Waals surface area contributed by atoms with Crippen LogP contribution in [-0.2, 0) is 4.79 Å². The highest BCUT2D eigenvalue weighted by Crippen LogP contribution is 2.40. The van der Waals surface area contributed by atoms with Gasteiger partial charge in [-0.15, -0.1) is 11.3 Å². The van der Waals surface area contributed by atoms with E-state index in [1.165, 1.54) is 35.4 Å². The third kappa shape index (κ3) is 2.56. The Bertz CT molecular complexity index is 476. The molecule has 1 saturated heterocycles. The predicted molar refractivity (Wildman–Crippen MR) is 78.1 cm³/mol. The van der Waals surface area contributed by atoms with Crippen LogP contribution >= 0.6 is 11.3 Å². The third-order valence-electron chi connectivity index (χ3n) is 4.47. The SMILES string of the molecule is Cc1ccc(C2NCC(=O)N2CC2(C)CCCC2)s1. The number of carbonyl (C=O) groups excluding carboxylic acids is 1. The summed E-state index contributed by atoms with van der Waals surface area (Å²) in [6.45, 7) is 5.84. The first-order valence-corrected chi connectivity index (χ1v) is 7.98. The minimum atomic E-state index is 0.101. The first-order chi connectivity index (χ1) is 9.07. The fraction of sp³-hybridized carbons (Fsp3) is 0.667. The summed E-state index contributed by atoms with van der Waals surface area (Å²) < 4.78 is 0. The van der Waals surface area contributed by atoms with Crippen molar-refractivity contribution in [2.75, 3.05) is 13.1 Å². The van der Waals surface area contributed by atoms with Gasteiger partial charge in [0.25, 0.3) is 0 Å². The molecule has 3 rings (SSSR count). The molecule has 3 nitrogen and oxygen atoms in total. The third-order valence-corrected chi connectivity index (χ3v) is 5.53. The summed E-state index contributed by atoms with van der Waals surface area (Å²) in [7, 11) is 0. The van der Waals surface area contributed by atoms with Crippen molar-refractivity contribution in [3.8, 4) is 0 Å². The number of hydrogen-bond acceptors (Lipinski definition) is 3. The topological polar surface area (TPSA) is 32.3 Å². The molecule has 1 aliphatic carbocycles. The fourth-order valence-electron chi connectivity index (χ4n) is 3.37. The van der Waals surface area contributed by atoms with Crippen LogP contribution in [0.4, 0.5) is 0 Å². The molecule has 2 heterocycles. The molecule has 0 radical (unpaired) electrons. The standard InChI is InChI=1S/C15H22N2OS/c1-11-5-6-12(19-11)14-16-9-13(18)17(14)10-15(2)7-3-4-8-15/h5-6,14,16H,3-4,7-10H2,1-2H3. The first-order valence-electron chi connectivity index (χ1n) is 7.17. The van der Waals surface area contributed by atoms with Gasteiger partial charge in [-0.2, -0.15) is 0 Å². The minimum absolute atomic E-state index is 0.101. The molecule has 19 heavy (non-hydrogen) atoms. The van der Waals surface area contributed by atoms with E-state index in [4.69, 9.17) is 0 Å². The van der Waals surface area contributed by atoms with E-state index in [-0.39, 0.29) is 12.1 Å². The molecule has 1 unspecified atom stereocenters. The van der Waals surface area contributed by atoms with Crippen molar-refractivity contribution in [1.29, 1.82) is 0 Å². The Morgan fingerprint density at radius 2 is 2.16 bits per heavy atom. The number of aryl methyl sites for hydroxylation is 1. The summed E-state index contributed by atoms with van der Waals surface area (Å²) in [6, 6.07) is 4.29. The molecule has 2 aliphatic rings. The lowest BCUT2D eigenvalue weighted by Gasteiger charge is -2.33. The van der Waals surface area contributed by atoms with Crippen molar-refractivity contribution in [3.63, 3.8) is 0 Å². The summed E-state index contributed by atoms with van der Waals surface area (Å²) in [5.41, 5.74) is 0.326. The molecule has 0 spiro atoms. The maximum absolute atomic E-state index is 12.2. The van der Waals surface area contributed by atoms with Crippen LogP contribution in [-0.4, -0.2) is 23.9 Å². The van der Waals surface area contributed by atoms with Gasteiger partial charge in [0.2, 0.25) is 5.91 Å². The van der Waals surface area contributed by atoms with E-state index in [0.29, 0.717) is 12.0 Å². The van der Waals surface area contributed by atoms with Crippen molar-refractivity contribution in [3.05, 3.63) is 21.9 Å². The zero-order chi connectivity index (χ0) is 13.5. The van der Waals surface area contributed by atoms with Gasteiger partial charge in [0.05, 0.1) is 6.54 Å². The van der Waals surface area contributed by atoms with Crippen LogP contribution in [0.1, 0.15) is 48.5 Å². The second-order valence-corrected chi connectivity index (χ2v) is 7.59. The molecule has 104 valence electrons. The van der Waals surface area contributed by atoms with Gasteiger partial charge >= 0.3 is 0 Å². The quantitative estimate of drug-likeness (QED) is 0.921. The van der Waals surface area contributed by atoms with E-state index < -0.39 is 0 Å². The van der Waals surface area contributed by atoms with Crippen molar-refractivity contribution in [2.24, 2.45) is 5.41 Å². The van der Waals surface area contributed by atoms with Crippen LogP contribution in [0.2, 0.25) is 0 Å². The normalized spacial score (nSPS) is 26.3. The molecular formula is C15H22N2OS. The van der Waals surface area contributed by atoms with E-state index in [0.717, 1.165) is 6.54 Å². The predicted octanol–water partition coefficient (Wildman–Crippen LogP) is 3.07. The second kappa shape index (κ2) is 4.91. The number of nitrogens with zero attached hydrogens (tertiary/aromatic N) is 1. The van der Waals surface area contributed by atoms with E-state index in [1.54, 1.807) is 11.3 Å². The van der Waals surface area contributed by atoms with E-state index >= 15 is 0 Å². The molecule has 1 saturated carbocycles. The average molecular weight is 278 g/mol. The Hall–Kier alpha value is -0.870. The number of thiophene rings is 1. The Labute approximate surface area is 119 Å². The van der Waals surface area contributed by atoms with Crippen molar-refractivity contribution in [1.82, 2.24) is 10.2 Å². The van der Waals surface area contributed by atoms with Gasteiger partial charge < -0.3 is 4.90 Å². The van der Waals surface area contributed by atoms with Crippen LogP contribution in [0.5, 0.6) is 0 Å². The smallest absolute Gasteiger partial charge is 0.238 e. The summed E-state index contributed by atoms with van der Waals surface area (Å²) >= 11 is 1.79. The summed E-state index contributed by atoms with van der Waals surface area (Å²) in [4.78, 5) is 16.8. The summed E-state index contributed by atoms with van der Waals surface area (Å²) in [6.07, 6.45) is 5.24. The molecule has 1 atom stereocenters. The highest BCUT2D eigenvalue weighted by molar-refractivity contribution is 7.12. The van der Waals surface area contributed by atoms with Crippen molar-refractivity contribution < 1.29 is 4.79 Å². The van der Waals surface area contributed by atoms with Crippen LogP contribution < -0.4 is 5.32 Å². The lowest BCUT2D eigenvalue weighted by molar-refractivity contribution is -0.129. The monoisotopic (exact) mass is 278 g/mol. The first kappa shape index (κ1) is 13.1. The van der Waals surface area contributed by atoms with Gasteiger partial charge in [-0.1, -0.05) is 19.8 Å². The summed E-state index contributed by atoms with van der Waals surface area (Å²) in [5, 5.41) is 3.36. The number of hydrogen-bond donors (Lipinski definition) is 1. The molecular weight excluding hydrogens is 256 g/mol. The lowest BCUT2D eigenvalue weighted by Crippen LogP contribution is -2.38. The van der Waals surface area contributed by atoms with E-state index in [9.17, 15) is 4.79 Å². The molecule has 1 aromatic heterocycles. The van der Waals surface area contributed by atoms with Crippen LogP contribution in [0.3, 0.4) is 0 Å². The van der Waals surface area contributed by atoms with Crippen molar-refractivity contribution in [2.45, 2.75) is 45.7 Å². The highest BCUT2D eigenvalue weighted by Gasteiger charge is 2.39. The van der Waals surface area contributed by atoms with Crippen LogP contribution in [0.25, 0.3) is 0 Å². The Kier molecular flexibility index (Phi) is 3.39. The average Bonchev–Trinajstić information content (AvgIpc) is 3.04. The number of carbonyl (C=O) groups is 1. The second-order valence-electron chi connectivity index (χ2n) is 6.27. The van der Waals surface area contributed by atoms with Gasteiger partial charge in [-0.05, 0) is 37.3 Å². The van der Waals surface area contributed by atoms with Gasteiger partial charge in [0, 0.05) is 16.3 Å². The van der Waals surface area contributed by atoms with Gasteiger partial charge in [-0.25, -0.2) is 0 Å². The Morgan fingerprint density at radius 3 is 2.79 bits per heavy atom. The Morgan fingerprint density at radius 1 is 1.42 bits per heavy atom. The molecule has 1 aliphatic heterocycles. The maximum Gasteiger partial charge on any atom is 0.238 e. The van der Waals surface area contributed by atoms with Gasteiger partial charge in [0.15, 0.2) is 0 Å². The number of rotatable bonds is 3. The number of nitrogens with one attached hydrogen (secondary N) is 1. The van der Waals surface area contributed by atoms with Gasteiger partial charge in [-0.3, -0.25) is 10.1 Å². The van der Waals surface area contributed by atoms with E-state index in [1.807, 2.05) is 0 Å². The molecule has 0 bridgehead atoms. The molecule has 1 aromatic rings. The maximum atomic E-state index is 12.2. The van der Waals surface area contributed by atoms with Crippen molar-refractivity contribution >= 4 is 17.2 Å². The zero-order valence-corrected chi connectivity index (χ0v) is 12.6. The van der Waals surface area contributed by atoms with E-state index in [2.05, 4.69) is 36.2 Å². The highest BCUT2D eigenvalue weighted by atomic mass is 32.1. The Balaban J connectivity index is 1.79. The zero-order valence-electron chi connectivity index (χ0n) is 11.7. The molecule has 2 fully saturated rings. The molecule has 1 N–H and O–H groups in total. The molecule has 1 amide bonds. The molecule has 0 aromatic carbocycles. The fourth-order valence-corrected chi connectivity index (χ4v) is 4.34. The largest absolute Gasteiger partial charge is 0.320 e. The van der Waals surface area contributed by atoms with Crippen LogP contribution in [0, 0.1) is 12.3 Å². The minimum Gasteiger partial charge on any atom is -0.320 e. The molecule has 4 heteroatoms. The van der Waals surface area contributed by atoms with Crippen LogP contribution in [0.15, 0.2) is 12.1 Å². The number of amides is 1. The summed E-state index contributed by atoms with van der Waals surface area (Å²) in [5.74, 6) is 0.254.